The van der Waals surface area contributed by atoms with Gasteiger partial charge >= 0.3 is 0 Å². The van der Waals surface area contributed by atoms with Gasteiger partial charge in [0.2, 0.25) is 5.91 Å². The molecule has 1 saturated heterocycles. The second kappa shape index (κ2) is 7.55. The summed E-state index contributed by atoms with van der Waals surface area (Å²) in [6, 6.07) is 8.47. The summed E-state index contributed by atoms with van der Waals surface area (Å²) in [5.74, 6) is -0.0914. The number of rotatable bonds is 5. The quantitative estimate of drug-likeness (QED) is 0.853. The van der Waals surface area contributed by atoms with Crippen LogP contribution < -0.4 is 10.2 Å². The minimum atomic E-state index is -0.0914. The van der Waals surface area contributed by atoms with Gasteiger partial charge in [-0.1, -0.05) is 12.1 Å². The number of anilines is 1. The van der Waals surface area contributed by atoms with Crippen molar-refractivity contribution in [3.8, 4) is 0 Å². The largest absolute Gasteiger partial charge is 0.372 e. The van der Waals surface area contributed by atoms with Crippen molar-refractivity contribution in [3.05, 3.63) is 52.9 Å². The number of hydrogen-bond donors (Lipinski definition) is 1. The molecule has 3 rings (SSSR count). The number of nitrogens with one attached hydrogen (secondary N) is 1. The van der Waals surface area contributed by atoms with Gasteiger partial charge in [0.1, 0.15) is 0 Å². The van der Waals surface area contributed by atoms with Crippen LogP contribution in [0, 0.1) is 13.8 Å². The number of aryl methyl sites for hydroxylation is 2. The molecule has 1 aromatic carbocycles. The minimum absolute atomic E-state index is 0.0914. The molecule has 0 aliphatic carbocycles. The molecule has 5 nitrogen and oxygen atoms in total. The van der Waals surface area contributed by atoms with Crippen molar-refractivity contribution < 1.29 is 4.79 Å². The number of hydrogen-bond acceptors (Lipinski definition) is 3. The third-order valence-electron chi connectivity index (χ3n) is 4.84. The normalized spacial score (nSPS) is 14.4. The van der Waals surface area contributed by atoms with Gasteiger partial charge in [0.25, 0.3) is 0 Å². The zero-order chi connectivity index (χ0) is 17.8. The van der Waals surface area contributed by atoms with Crippen molar-refractivity contribution in [3.63, 3.8) is 0 Å². The Labute approximate surface area is 149 Å². The number of carbonyl (C=O) groups excluding carboxylic acids is 1. The second-order valence-corrected chi connectivity index (χ2v) is 6.62. The van der Waals surface area contributed by atoms with Gasteiger partial charge in [0, 0.05) is 49.7 Å². The highest BCUT2D eigenvalue weighted by Gasteiger charge is 2.11. The summed E-state index contributed by atoms with van der Waals surface area (Å²) in [6.07, 6.45) is 5.97. The van der Waals surface area contributed by atoms with Gasteiger partial charge < -0.3 is 10.2 Å². The molecule has 0 atom stereocenters. The van der Waals surface area contributed by atoms with Crippen molar-refractivity contribution in [1.29, 1.82) is 0 Å². The monoisotopic (exact) mass is 338 g/mol. The van der Waals surface area contributed by atoms with Crippen molar-refractivity contribution >= 4 is 17.7 Å². The molecule has 1 fully saturated rings. The molecule has 1 aliphatic rings. The van der Waals surface area contributed by atoms with E-state index in [1.165, 1.54) is 18.5 Å². The van der Waals surface area contributed by atoms with E-state index in [2.05, 4.69) is 39.6 Å². The lowest BCUT2D eigenvalue weighted by Crippen LogP contribution is -2.20. The first kappa shape index (κ1) is 17.3. The van der Waals surface area contributed by atoms with Gasteiger partial charge in [-0.3, -0.25) is 9.48 Å². The molecule has 0 saturated carbocycles. The average Bonchev–Trinajstić information content (AvgIpc) is 3.22. The fourth-order valence-corrected chi connectivity index (χ4v) is 3.24. The Morgan fingerprint density at radius 3 is 2.48 bits per heavy atom. The van der Waals surface area contributed by atoms with E-state index in [9.17, 15) is 4.79 Å². The van der Waals surface area contributed by atoms with Crippen molar-refractivity contribution in [2.75, 3.05) is 18.0 Å². The smallest absolute Gasteiger partial charge is 0.244 e. The van der Waals surface area contributed by atoms with Gasteiger partial charge in [-0.05, 0) is 50.5 Å². The number of carbonyl (C=O) groups is 1. The third-order valence-corrected chi connectivity index (χ3v) is 4.84. The molecule has 1 aliphatic heterocycles. The van der Waals surface area contributed by atoms with Crippen LogP contribution in [-0.4, -0.2) is 28.8 Å². The van der Waals surface area contributed by atoms with Crippen LogP contribution in [0.25, 0.3) is 6.08 Å². The van der Waals surface area contributed by atoms with E-state index >= 15 is 0 Å². The lowest BCUT2D eigenvalue weighted by Gasteiger charge is -2.17. The summed E-state index contributed by atoms with van der Waals surface area (Å²) in [6.45, 7) is 6.78. The number of nitrogens with zero attached hydrogens (tertiary/aromatic N) is 3. The average molecular weight is 338 g/mol. The number of benzene rings is 1. The lowest BCUT2D eigenvalue weighted by molar-refractivity contribution is -0.116. The van der Waals surface area contributed by atoms with E-state index in [1.54, 1.807) is 6.08 Å². The Kier molecular flexibility index (Phi) is 5.22. The van der Waals surface area contributed by atoms with Gasteiger partial charge in [0.05, 0.1) is 5.69 Å². The van der Waals surface area contributed by atoms with E-state index < -0.39 is 0 Å². The molecule has 2 heterocycles. The van der Waals surface area contributed by atoms with Gasteiger partial charge in [-0.2, -0.15) is 5.10 Å². The molecule has 1 amide bonds. The standard InChI is InChI=1S/C20H26N4O/c1-15-19(16(2)23(3)22-15)10-11-20(25)21-14-17-6-8-18(9-7-17)24-12-4-5-13-24/h6-11H,4-5,12-14H2,1-3H3,(H,21,25)/b11-10+. The van der Waals surface area contributed by atoms with Crippen molar-refractivity contribution in [2.24, 2.45) is 7.05 Å². The first-order valence-corrected chi connectivity index (χ1v) is 8.84. The summed E-state index contributed by atoms with van der Waals surface area (Å²) in [7, 11) is 1.91. The topological polar surface area (TPSA) is 50.2 Å². The van der Waals surface area contributed by atoms with Crippen LogP contribution >= 0.6 is 0 Å². The van der Waals surface area contributed by atoms with E-state index in [1.807, 2.05) is 31.7 Å². The highest BCUT2D eigenvalue weighted by molar-refractivity contribution is 5.91. The Morgan fingerprint density at radius 1 is 1.20 bits per heavy atom. The van der Waals surface area contributed by atoms with E-state index in [-0.39, 0.29) is 5.91 Å². The van der Waals surface area contributed by atoms with Crippen LogP contribution in [0.15, 0.2) is 30.3 Å². The second-order valence-electron chi connectivity index (χ2n) is 6.62. The summed E-state index contributed by atoms with van der Waals surface area (Å²) in [5, 5.41) is 7.29. The minimum Gasteiger partial charge on any atom is -0.372 e. The Hall–Kier alpha value is -2.56. The highest BCUT2D eigenvalue weighted by atomic mass is 16.1. The van der Waals surface area contributed by atoms with E-state index in [0.717, 1.165) is 35.6 Å². The van der Waals surface area contributed by atoms with Gasteiger partial charge in [-0.25, -0.2) is 0 Å². The maximum atomic E-state index is 12.1. The summed E-state index contributed by atoms with van der Waals surface area (Å²) in [5.41, 5.74) is 5.38. The fraction of sp³-hybridized carbons (Fsp3) is 0.400. The Morgan fingerprint density at radius 2 is 1.88 bits per heavy atom. The molecule has 25 heavy (non-hydrogen) atoms. The predicted molar refractivity (Wildman–Crippen MR) is 101 cm³/mol. The van der Waals surface area contributed by atoms with Crippen molar-refractivity contribution in [1.82, 2.24) is 15.1 Å². The first-order chi connectivity index (χ1) is 12.0. The zero-order valence-electron chi connectivity index (χ0n) is 15.2. The molecule has 5 heteroatoms. The SMILES string of the molecule is Cc1nn(C)c(C)c1/C=C/C(=O)NCc1ccc(N2CCCC2)cc1. The fourth-order valence-electron chi connectivity index (χ4n) is 3.24. The van der Waals surface area contributed by atoms with Gasteiger partial charge in [0.15, 0.2) is 0 Å². The van der Waals surface area contributed by atoms with Crippen LogP contribution in [0.1, 0.15) is 35.4 Å². The molecule has 0 unspecified atom stereocenters. The van der Waals surface area contributed by atoms with Crippen LogP contribution in [0.3, 0.4) is 0 Å². The molecule has 2 aromatic rings. The molecule has 1 aromatic heterocycles. The van der Waals surface area contributed by atoms with Gasteiger partial charge in [-0.15, -0.1) is 0 Å². The Balaban J connectivity index is 1.54. The van der Waals surface area contributed by atoms with Crippen molar-refractivity contribution in [2.45, 2.75) is 33.2 Å². The van der Waals surface area contributed by atoms with Crippen LogP contribution in [0.4, 0.5) is 5.69 Å². The maximum absolute atomic E-state index is 12.1. The lowest BCUT2D eigenvalue weighted by atomic mass is 10.1. The van der Waals surface area contributed by atoms with E-state index in [0.29, 0.717) is 6.54 Å². The summed E-state index contributed by atoms with van der Waals surface area (Å²) < 4.78 is 1.83. The third kappa shape index (κ3) is 4.10. The maximum Gasteiger partial charge on any atom is 0.244 e. The molecule has 0 radical (unpaired) electrons. The van der Waals surface area contributed by atoms with Crippen LogP contribution in [0.5, 0.6) is 0 Å². The first-order valence-electron chi connectivity index (χ1n) is 8.84. The van der Waals surface area contributed by atoms with E-state index in [4.69, 9.17) is 0 Å². The zero-order valence-corrected chi connectivity index (χ0v) is 15.2. The van der Waals surface area contributed by atoms with Crippen LogP contribution in [-0.2, 0) is 18.4 Å². The molecule has 0 bridgehead atoms. The molecule has 132 valence electrons. The predicted octanol–water partition coefficient (Wildman–Crippen LogP) is 2.97. The van der Waals surface area contributed by atoms with Crippen LogP contribution in [0.2, 0.25) is 0 Å². The molecule has 0 spiro atoms. The molecular weight excluding hydrogens is 312 g/mol. The number of amides is 1. The Bertz CT molecular complexity index is 768. The number of aromatic nitrogens is 2. The molecular formula is C20H26N4O. The highest BCUT2D eigenvalue weighted by Crippen LogP contribution is 2.20. The molecule has 1 N–H and O–H groups in total. The summed E-state index contributed by atoms with van der Waals surface area (Å²) in [4.78, 5) is 14.5. The summed E-state index contributed by atoms with van der Waals surface area (Å²) >= 11 is 0.